The predicted octanol–water partition coefficient (Wildman–Crippen LogP) is 11.8. The fraction of sp³-hybridized carbons (Fsp3) is 0.224. The largest absolute Gasteiger partial charge is 0.373 e. The number of nitrogens with zero attached hydrogens (tertiary/aromatic N) is 5. The van der Waals surface area contributed by atoms with E-state index in [1.807, 2.05) is 31.7 Å². The minimum absolute atomic E-state index is 0.0554. The van der Waals surface area contributed by atoms with E-state index in [2.05, 4.69) is 49.0 Å². The second-order valence-corrected chi connectivity index (χ2v) is 15.8. The first-order valence-electron chi connectivity index (χ1n) is 20.4. The van der Waals surface area contributed by atoms with Gasteiger partial charge in [-0.15, -0.1) is 0 Å². The first-order valence-corrected chi connectivity index (χ1v) is 21.2. The second kappa shape index (κ2) is 23.7. The summed E-state index contributed by atoms with van der Waals surface area (Å²) in [7, 11) is 0. The van der Waals surface area contributed by atoms with Crippen LogP contribution in [0.25, 0.3) is 33.7 Å². The molecule has 6 aromatic rings. The number of amides is 1. The summed E-state index contributed by atoms with van der Waals surface area (Å²) < 4.78 is 28.6. The van der Waals surface area contributed by atoms with E-state index in [-0.39, 0.29) is 17.9 Å². The fourth-order valence-electron chi connectivity index (χ4n) is 6.77. The molecule has 64 heavy (non-hydrogen) atoms. The Kier molecular flexibility index (Phi) is 17.9. The molecular formula is C49H48Cl2F2N8O3. The van der Waals surface area contributed by atoms with Crippen LogP contribution < -0.4 is 16.0 Å². The summed E-state index contributed by atoms with van der Waals surface area (Å²) in [5, 5.41) is 10.8. The first kappa shape index (κ1) is 48.4. The van der Waals surface area contributed by atoms with Crippen LogP contribution in [-0.2, 0) is 9.59 Å². The topological polar surface area (TPSA) is 142 Å². The smallest absolute Gasteiger partial charge is 0.355 e. The van der Waals surface area contributed by atoms with Crippen molar-refractivity contribution in [1.29, 1.82) is 0 Å². The van der Waals surface area contributed by atoms with Crippen LogP contribution in [0.15, 0.2) is 111 Å². The Balaban J connectivity index is 0.000000209. The lowest BCUT2D eigenvalue weighted by Crippen LogP contribution is -2.28. The molecule has 11 nitrogen and oxygen atoms in total. The van der Waals surface area contributed by atoms with Crippen molar-refractivity contribution in [3.05, 3.63) is 155 Å². The van der Waals surface area contributed by atoms with Gasteiger partial charge >= 0.3 is 6.15 Å². The summed E-state index contributed by atoms with van der Waals surface area (Å²) in [6.45, 7) is 17.7. The lowest BCUT2D eigenvalue weighted by Gasteiger charge is -2.19. The number of carbonyl (C=O) groups is 1. The van der Waals surface area contributed by atoms with Gasteiger partial charge in [-0.3, -0.25) is 24.7 Å². The number of nitrogens with one attached hydrogen (secondary N) is 3. The normalized spacial score (nSPS) is 12.6. The molecule has 0 aliphatic carbocycles. The zero-order valence-corrected chi connectivity index (χ0v) is 37.3. The molecule has 0 bridgehead atoms. The molecule has 2 fully saturated rings. The number of likely N-dealkylation sites (tertiary alicyclic amines) is 1. The van der Waals surface area contributed by atoms with Gasteiger partial charge in [0, 0.05) is 99.6 Å². The summed E-state index contributed by atoms with van der Waals surface area (Å²) in [4.78, 5) is 48.1. The summed E-state index contributed by atoms with van der Waals surface area (Å²) in [5.74, 6) is -0.842. The monoisotopic (exact) mass is 904 g/mol. The number of aromatic nitrogens is 4. The Labute approximate surface area is 381 Å². The number of carbonyl (C=O) groups excluding carboxylic acids is 3. The van der Waals surface area contributed by atoms with E-state index in [4.69, 9.17) is 32.8 Å². The van der Waals surface area contributed by atoms with Gasteiger partial charge in [0.05, 0.1) is 22.6 Å². The Morgan fingerprint density at radius 1 is 0.672 bits per heavy atom. The standard InChI is InChI=1S/C24H22ClFN4O.C20H17ClFN3.C4H9N.CO2/c1-15(2)18-14-28-22(17-11-16(25)5-6-20(17)26)12-23(18)29-21-7-8-27-13-19(21)24(31)30-9-3-4-10-30;1-12(2)16-11-24-19(15-8-14(21)4-5-17(15)22)9-20(16)25-18-6-7-23-10-13(18)3;1-2-4-5-3-1;2-1-3/h5-8,11-14H,1,3-4,9-10H2,2H3,(H,27,28,29);4-11H,1H2,2-3H3,(H,23,24,25);5H,1-4H2;. The molecule has 2 aromatic carbocycles. The van der Waals surface area contributed by atoms with Crippen LogP contribution in [0.4, 0.5) is 31.5 Å². The Morgan fingerprint density at radius 3 is 1.59 bits per heavy atom. The van der Waals surface area contributed by atoms with E-state index in [1.54, 1.807) is 61.4 Å². The van der Waals surface area contributed by atoms with Crippen molar-refractivity contribution >= 4 is 69.2 Å². The molecule has 330 valence electrons. The molecule has 2 aliphatic rings. The molecule has 15 heteroatoms. The molecule has 2 aliphatic heterocycles. The van der Waals surface area contributed by atoms with Crippen LogP contribution >= 0.6 is 23.2 Å². The highest BCUT2D eigenvalue weighted by Gasteiger charge is 2.23. The summed E-state index contributed by atoms with van der Waals surface area (Å²) in [5.41, 5.74) is 9.35. The maximum atomic E-state index is 14.4. The van der Waals surface area contributed by atoms with Crippen molar-refractivity contribution in [2.45, 2.75) is 46.5 Å². The zero-order valence-electron chi connectivity index (χ0n) is 35.8. The molecule has 4 aromatic heterocycles. The van der Waals surface area contributed by atoms with E-state index in [0.29, 0.717) is 49.5 Å². The number of allylic oxidation sites excluding steroid dienone is 2. The minimum Gasteiger partial charge on any atom is -0.355 e. The third-order valence-corrected chi connectivity index (χ3v) is 10.6. The molecule has 0 spiro atoms. The van der Waals surface area contributed by atoms with E-state index < -0.39 is 5.82 Å². The van der Waals surface area contributed by atoms with E-state index in [9.17, 15) is 13.6 Å². The Morgan fingerprint density at radius 2 is 1.14 bits per heavy atom. The minimum atomic E-state index is -0.417. The van der Waals surface area contributed by atoms with E-state index in [0.717, 1.165) is 65.1 Å². The van der Waals surface area contributed by atoms with Gasteiger partial charge in [0.15, 0.2) is 0 Å². The Bertz CT molecular complexity index is 2640. The fourth-order valence-corrected chi connectivity index (χ4v) is 7.12. The molecule has 6 heterocycles. The van der Waals surface area contributed by atoms with Gasteiger partial charge in [-0.1, -0.05) is 36.4 Å². The average Bonchev–Trinajstić information content (AvgIpc) is 4.06. The van der Waals surface area contributed by atoms with Gasteiger partial charge in [0.2, 0.25) is 0 Å². The number of hydrogen-bond donors (Lipinski definition) is 3. The van der Waals surface area contributed by atoms with Gasteiger partial charge in [0.1, 0.15) is 11.6 Å². The number of aryl methyl sites for hydroxylation is 1. The van der Waals surface area contributed by atoms with Crippen molar-refractivity contribution in [3.8, 4) is 22.5 Å². The van der Waals surface area contributed by atoms with Crippen molar-refractivity contribution < 1.29 is 23.2 Å². The van der Waals surface area contributed by atoms with E-state index in [1.165, 1.54) is 56.3 Å². The highest BCUT2D eigenvalue weighted by molar-refractivity contribution is 6.31. The van der Waals surface area contributed by atoms with Crippen LogP contribution in [0.1, 0.15) is 66.6 Å². The molecule has 0 atom stereocenters. The van der Waals surface area contributed by atoms with Crippen LogP contribution in [0.2, 0.25) is 10.0 Å². The quantitative estimate of drug-likeness (QED) is 0.128. The average molecular weight is 906 g/mol. The molecule has 8 rings (SSSR count). The second-order valence-electron chi connectivity index (χ2n) is 14.9. The van der Waals surface area contributed by atoms with Crippen LogP contribution in [-0.4, -0.2) is 63.1 Å². The highest BCUT2D eigenvalue weighted by atomic mass is 35.5. The third kappa shape index (κ3) is 13.2. The van der Waals surface area contributed by atoms with Gasteiger partial charge in [-0.05, 0) is 137 Å². The van der Waals surface area contributed by atoms with Crippen LogP contribution in [0.5, 0.6) is 0 Å². The maximum Gasteiger partial charge on any atom is 0.373 e. The van der Waals surface area contributed by atoms with Gasteiger partial charge in [-0.2, -0.15) is 9.59 Å². The lowest BCUT2D eigenvalue weighted by atomic mass is 10.0. The SMILES string of the molecule is C1CCNC1.C=C(C)c1cnc(-c2cc(Cl)ccc2F)cc1Nc1ccncc1C.C=C(C)c1cnc(-c2cc(Cl)ccc2F)cc1Nc1ccncc1C(=O)N1CCCC1.O=C=O. The summed E-state index contributed by atoms with van der Waals surface area (Å²) in [6, 6.07) is 16.0. The van der Waals surface area contributed by atoms with Gasteiger partial charge < -0.3 is 20.9 Å². The third-order valence-electron chi connectivity index (χ3n) is 10.1. The zero-order chi connectivity index (χ0) is 46.2. The van der Waals surface area contributed by atoms with Gasteiger partial charge in [-0.25, -0.2) is 8.78 Å². The lowest BCUT2D eigenvalue weighted by molar-refractivity contribution is -0.191. The summed E-state index contributed by atoms with van der Waals surface area (Å²) in [6.07, 6.45) is 15.1. The number of rotatable bonds is 9. The molecule has 0 unspecified atom stereocenters. The molecule has 2 saturated heterocycles. The Hall–Kier alpha value is -6.63. The van der Waals surface area contributed by atoms with Crippen molar-refractivity contribution in [3.63, 3.8) is 0 Å². The molecule has 1 amide bonds. The first-order chi connectivity index (χ1) is 30.8. The van der Waals surface area contributed by atoms with Crippen LogP contribution in [0, 0.1) is 18.6 Å². The van der Waals surface area contributed by atoms with Crippen molar-refractivity contribution in [2.24, 2.45) is 0 Å². The number of halogens is 4. The number of pyridine rings is 4. The highest BCUT2D eigenvalue weighted by Crippen LogP contribution is 2.34. The molecule has 3 N–H and O–H groups in total. The van der Waals surface area contributed by atoms with Gasteiger partial charge in [0.25, 0.3) is 5.91 Å². The maximum absolute atomic E-state index is 14.4. The van der Waals surface area contributed by atoms with E-state index >= 15 is 0 Å². The van der Waals surface area contributed by atoms with Crippen molar-refractivity contribution in [2.75, 3.05) is 36.8 Å². The van der Waals surface area contributed by atoms with Crippen LogP contribution in [0.3, 0.4) is 0 Å². The predicted molar refractivity (Wildman–Crippen MR) is 251 cm³/mol. The molecule has 0 saturated carbocycles. The number of anilines is 4. The molecular weight excluding hydrogens is 857 g/mol. The number of hydrogen-bond acceptors (Lipinski definition) is 10. The summed E-state index contributed by atoms with van der Waals surface area (Å²) >= 11 is 12.1. The van der Waals surface area contributed by atoms with Crippen molar-refractivity contribution in [1.82, 2.24) is 30.2 Å². The molecule has 0 radical (unpaired) electrons. The number of benzene rings is 2.